The fourth-order valence-electron chi connectivity index (χ4n) is 4.44. The smallest absolute Gasteiger partial charge is 0.261 e. The number of fused-ring (bicyclic) bond motifs is 1. The van der Waals surface area contributed by atoms with E-state index >= 15 is 0 Å². The summed E-state index contributed by atoms with van der Waals surface area (Å²) in [4.78, 5) is 30.1. The third-order valence-corrected chi connectivity index (χ3v) is 7.48. The van der Waals surface area contributed by atoms with Gasteiger partial charge < -0.3 is 10.2 Å². The first-order chi connectivity index (χ1) is 14.0. The molecule has 0 spiro atoms. The SMILES string of the molecule is Cc1c(C(=O)NCCN2CCN(C(=O)C3CCCC3)CC2)sc2ccc(F)cc12. The van der Waals surface area contributed by atoms with Crippen LogP contribution in [0.15, 0.2) is 18.2 Å². The zero-order valence-corrected chi connectivity index (χ0v) is 17.7. The molecule has 29 heavy (non-hydrogen) atoms. The number of hydrogen-bond acceptors (Lipinski definition) is 4. The van der Waals surface area contributed by atoms with Crippen LogP contribution >= 0.6 is 11.3 Å². The molecule has 1 aliphatic carbocycles. The third-order valence-electron chi connectivity index (χ3n) is 6.21. The van der Waals surface area contributed by atoms with Crippen molar-refractivity contribution in [3.63, 3.8) is 0 Å². The van der Waals surface area contributed by atoms with Crippen molar-refractivity contribution in [3.05, 3.63) is 34.5 Å². The zero-order chi connectivity index (χ0) is 20.4. The highest BCUT2D eigenvalue weighted by Crippen LogP contribution is 2.31. The monoisotopic (exact) mass is 417 g/mol. The van der Waals surface area contributed by atoms with Crippen molar-refractivity contribution in [2.45, 2.75) is 32.6 Å². The predicted molar refractivity (Wildman–Crippen MR) is 114 cm³/mol. The number of thiophene rings is 1. The second kappa shape index (κ2) is 8.79. The lowest BCUT2D eigenvalue weighted by Gasteiger charge is -2.36. The molecule has 2 amide bonds. The van der Waals surface area contributed by atoms with E-state index in [2.05, 4.69) is 10.2 Å². The molecule has 1 aliphatic heterocycles. The topological polar surface area (TPSA) is 52.7 Å². The maximum atomic E-state index is 13.5. The molecule has 5 nitrogen and oxygen atoms in total. The Balaban J connectivity index is 1.24. The first-order valence-corrected chi connectivity index (χ1v) is 11.3. The number of benzene rings is 1. The van der Waals surface area contributed by atoms with Gasteiger partial charge in [0, 0.05) is 49.9 Å². The molecule has 2 aromatic rings. The van der Waals surface area contributed by atoms with Gasteiger partial charge in [-0.05, 0) is 48.9 Å². The van der Waals surface area contributed by atoms with E-state index in [1.54, 1.807) is 6.07 Å². The highest BCUT2D eigenvalue weighted by Gasteiger charge is 2.29. The number of carbonyl (C=O) groups excluding carboxylic acids is 2. The van der Waals surface area contributed by atoms with Crippen LogP contribution in [0, 0.1) is 18.7 Å². The first kappa shape index (κ1) is 20.3. The average Bonchev–Trinajstić information content (AvgIpc) is 3.37. The molecule has 7 heteroatoms. The Morgan fingerprint density at radius 2 is 1.90 bits per heavy atom. The summed E-state index contributed by atoms with van der Waals surface area (Å²) in [6.45, 7) is 6.49. The van der Waals surface area contributed by atoms with Crippen LogP contribution in [0.4, 0.5) is 4.39 Å². The van der Waals surface area contributed by atoms with Gasteiger partial charge in [-0.3, -0.25) is 14.5 Å². The van der Waals surface area contributed by atoms with Crippen molar-refractivity contribution in [1.82, 2.24) is 15.1 Å². The highest BCUT2D eigenvalue weighted by molar-refractivity contribution is 7.21. The van der Waals surface area contributed by atoms with Crippen LogP contribution in [0.3, 0.4) is 0 Å². The van der Waals surface area contributed by atoms with Gasteiger partial charge in [0.2, 0.25) is 5.91 Å². The Kier molecular flexibility index (Phi) is 6.15. The molecular weight excluding hydrogens is 389 g/mol. The molecule has 1 saturated carbocycles. The van der Waals surface area contributed by atoms with E-state index in [9.17, 15) is 14.0 Å². The first-order valence-electron chi connectivity index (χ1n) is 10.5. The Hall–Kier alpha value is -1.99. The Labute approximate surface area is 174 Å². The molecule has 1 aromatic heterocycles. The summed E-state index contributed by atoms with van der Waals surface area (Å²) in [5.74, 6) is 0.209. The number of amides is 2. The number of halogens is 1. The summed E-state index contributed by atoms with van der Waals surface area (Å²) in [7, 11) is 0. The molecule has 1 saturated heterocycles. The molecule has 0 radical (unpaired) electrons. The maximum Gasteiger partial charge on any atom is 0.261 e. The van der Waals surface area contributed by atoms with Crippen molar-refractivity contribution in [1.29, 1.82) is 0 Å². The lowest BCUT2D eigenvalue weighted by Crippen LogP contribution is -2.51. The molecule has 0 bridgehead atoms. The fraction of sp³-hybridized carbons (Fsp3) is 0.545. The summed E-state index contributed by atoms with van der Waals surface area (Å²) in [5.41, 5.74) is 0.834. The molecule has 2 fully saturated rings. The van der Waals surface area contributed by atoms with E-state index in [1.807, 2.05) is 11.8 Å². The van der Waals surface area contributed by atoms with Crippen LogP contribution in [-0.4, -0.2) is 60.9 Å². The van der Waals surface area contributed by atoms with E-state index in [-0.39, 0.29) is 17.6 Å². The summed E-state index contributed by atoms with van der Waals surface area (Å²) < 4.78 is 14.4. The quantitative estimate of drug-likeness (QED) is 0.811. The van der Waals surface area contributed by atoms with E-state index in [0.29, 0.717) is 17.3 Å². The lowest BCUT2D eigenvalue weighted by molar-refractivity contribution is -0.137. The van der Waals surface area contributed by atoms with Crippen LogP contribution < -0.4 is 5.32 Å². The van der Waals surface area contributed by atoms with Gasteiger partial charge in [-0.1, -0.05) is 12.8 Å². The minimum atomic E-state index is -0.282. The average molecular weight is 418 g/mol. The van der Waals surface area contributed by atoms with Crippen molar-refractivity contribution in [3.8, 4) is 0 Å². The van der Waals surface area contributed by atoms with Crippen LogP contribution in [0.2, 0.25) is 0 Å². The van der Waals surface area contributed by atoms with Crippen LogP contribution in [0.5, 0.6) is 0 Å². The molecule has 1 N–H and O–H groups in total. The maximum absolute atomic E-state index is 13.5. The Morgan fingerprint density at radius 3 is 2.62 bits per heavy atom. The van der Waals surface area contributed by atoms with Gasteiger partial charge in [0.15, 0.2) is 0 Å². The summed E-state index contributed by atoms with van der Waals surface area (Å²) in [5, 5.41) is 3.81. The predicted octanol–water partition coefficient (Wildman–Crippen LogP) is 3.41. The van der Waals surface area contributed by atoms with Gasteiger partial charge in [-0.2, -0.15) is 0 Å². The summed E-state index contributed by atoms with van der Waals surface area (Å²) in [6.07, 6.45) is 4.47. The molecule has 1 aromatic carbocycles. The lowest BCUT2D eigenvalue weighted by atomic mass is 10.1. The largest absolute Gasteiger partial charge is 0.350 e. The van der Waals surface area contributed by atoms with E-state index in [4.69, 9.17) is 0 Å². The van der Waals surface area contributed by atoms with Gasteiger partial charge in [0.1, 0.15) is 5.82 Å². The Morgan fingerprint density at radius 1 is 1.17 bits per heavy atom. The molecule has 156 valence electrons. The number of piperazine rings is 1. The van der Waals surface area contributed by atoms with Gasteiger partial charge in [0.05, 0.1) is 4.88 Å². The van der Waals surface area contributed by atoms with Gasteiger partial charge >= 0.3 is 0 Å². The minimum Gasteiger partial charge on any atom is -0.350 e. The molecule has 4 rings (SSSR count). The zero-order valence-electron chi connectivity index (χ0n) is 16.9. The highest BCUT2D eigenvalue weighted by atomic mass is 32.1. The molecule has 2 aliphatic rings. The van der Waals surface area contributed by atoms with Crippen LogP contribution in [0.25, 0.3) is 10.1 Å². The summed E-state index contributed by atoms with van der Waals surface area (Å²) in [6, 6.07) is 4.65. The minimum absolute atomic E-state index is 0.0980. The van der Waals surface area contributed by atoms with Crippen molar-refractivity contribution < 1.29 is 14.0 Å². The number of hydrogen-bond donors (Lipinski definition) is 1. The normalized spacial score (nSPS) is 18.5. The Bertz CT molecular complexity index is 899. The standard InChI is InChI=1S/C22H28FN3O2S/c1-15-18-14-17(23)6-7-19(18)29-20(15)21(27)24-8-9-25-10-12-26(13-11-25)22(28)16-4-2-3-5-16/h6-7,14,16H,2-5,8-13H2,1H3,(H,24,27). The van der Waals surface area contributed by atoms with E-state index in [1.165, 1.54) is 36.3 Å². The van der Waals surface area contributed by atoms with Crippen LogP contribution in [0.1, 0.15) is 40.9 Å². The second-order valence-electron chi connectivity index (χ2n) is 8.10. The molecule has 0 atom stereocenters. The summed E-state index contributed by atoms with van der Waals surface area (Å²) >= 11 is 1.41. The van der Waals surface area contributed by atoms with E-state index < -0.39 is 0 Å². The molecular formula is C22H28FN3O2S. The van der Waals surface area contributed by atoms with Crippen molar-refractivity contribution >= 4 is 33.2 Å². The molecule has 2 heterocycles. The number of nitrogens with zero attached hydrogens (tertiary/aromatic N) is 2. The third kappa shape index (κ3) is 4.46. The number of aryl methyl sites for hydroxylation is 1. The van der Waals surface area contributed by atoms with Crippen LogP contribution in [-0.2, 0) is 4.79 Å². The second-order valence-corrected chi connectivity index (χ2v) is 9.15. The van der Waals surface area contributed by atoms with Crippen molar-refractivity contribution in [2.24, 2.45) is 5.92 Å². The number of rotatable bonds is 5. The van der Waals surface area contributed by atoms with Gasteiger partial charge in [0.25, 0.3) is 5.91 Å². The van der Waals surface area contributed by atoms with E-state index in [0.717, 1.165) is 61.2 Å². The number of carbonyl (C=O) groups is 2. The van der Waals surface area contributed by atoms with Crippen molar-refractivity contribution in [2.75, 3.05) is 39.3 Å². The fourth-order valence-corrected chi connectivity index (χ4v) is 5.55. The van der Waals surface area contributed by atoms with Gasteiger partial charge in [-0.25, -0.2) is 4.39 Å². The number of nitrogens with one attached hydrogen (secondary N) is 1. The van der Waals surface area contributed by atoms with Gasteiger partial charge in [-0.15, -0.1) is 11.3 Å². The molecule has 0 unspecified atom stereocenters.